The number of hydrogen-bond acceptors (Lipinski definition) is 5. The van der Waals surface area contributed by atoms with Gasteiger partial charge in [-0.2, -0.15) is 0 Å². The van der Waals surface area contributed by atoms with Crippen LogP contribution in [0.2, 0.25) is 0 Å². The van der Waals surface area contributed by atoms with Crippen molar-refractivity contribution in [3.05, 3.63) is 76.5 Å². The summed E-state index contributed by atoms with van der Waals surface area (Å²) in [5.41, 5.74) is 1.81. The number of rotatable bonds is 7. The first-order valence-corrected chi connectivity index (χ1v) is 9.02. The van der Waals surface area contributed by atoms with Gasteiger partial charge in [0.2, 0.25) is 5.91 Å². The maximum Gasteiger partial charge on any atom is 0.291 e. The van der Waals surface area contributed by atoms with Crippen molar-refractivity contribution in [1.29, 1.82) is 0 Å². The number of nitrogens with one attached hydrogen (secondary N) is 2. The van der Waals surface area contributed by atoms with Crippen molar-refractivity contribution in [3.8, 4) is 11.3 Å². The van der Waals surface area contributed by atoms with Crippen LogP contribution in [0, 0.1) is 10.1 Å². The zero-order chi connectivity index (χ0) is 20.8. The molecule has 8 heteroatoms. The SMILES string of the molecule is CCCC(=O)Nc1ccc(NC(=O)c2ccc(-c3ccc([N+](=O)[O-])cc3)o2)cc1. The number of carbonyl (C=O) groups excluding carboxylic acids is 2. The van der Waals surface area contributed by atoms with Gasteiger partial charge in [0.15, 0.2) is 5.76 Å². The summed E-state index contributed by atoms with van der Waals surface area (Å²) in [5.74, 6) is 0.0530. The van der Waals surface area contributed by atoms with Crippen molar-refractivity contribution >= 4 is 28.9 Å². The Morgan fingerprint density at radius 2 is 1.55 bits per heavy atom. The van der Waals surface area contributed by atoms with E-state index in [2.05, 4.69) is 10.6 Å². The molecule has 2 N–H and O–H groups in total. The molecule has 1 heterocycles. The molecule has 0 unspecified atom stereocenters. The molecule has 2 amide bonds. The van der Waals surface area contributed by atoms with Crippen LogP contribution in [-0.4, -0.2) is 16.7 Å². The zero-order valence-corrected chi connectivity index (χ0v) is 15.7. The molecular weight excluding hydrogens is 374 g/mol. The predicted molar refractivity (Wildman–Crippen MR) is 109 cm³/mol. The summed E-state index contributed by atoms with van der Waals surface area (Å²) in [4.78, 5) is 34.2. The summed E-state index contributed by atoms with van der Waals surface area (Å²) in [6, 6.07) is 15.8. The molecule has 2 aromatic carbocycles. The summed E-state index contributed by atoms with van der Waals surface area (Å²) in [6.45, 7) is 1.93. The maximum absolute atomic E-state index is 12.4. The Bertz CT molecular complexity index is 1020. The Morgan fingerprint density at radius 1 is 0.931 bits per heavy atom. The molecule has 3 rings (SSSR count). The molecule has 148 valence electrons. The van der Waals surface area contributed by atoms with E-state index in [1.54, 1.807) is 42.5 Å². The molecule has 8 nitrogen and oxygen atoms in total. The number of amides is 2. The molecule has 0 saturated heterocycles. The van der Waals surface area contributed by atoms with E-state index < -0.39 is 10.8 Å². The van der Waals surface area contributed by atoms with Gasteiger partial charge in [0.05, 0.1) is 4.92 Å². The first-order chi connectivity index (χ1) is 14.0. The van der Waals surface area contributed by atoms with Crippen molar-refractivity contribution < 1.29 is 18.9 Å². The highest BCUT2D eigenvalue weighted by atomic mass is 16.6. The molecule has 0 saturated carbocycles. The lowest BCUT2D eigenvalue weighted by Crippen LogP contribution is -2.12. The average molecular weight is 393 g/mol. The van der Waals surface area contributed by atoms with Gasteiger partial charge in [-0.05, 0) is 55.0 Å². The summed E-state index contributed by atoms with van der Waals surface area (Å²) in [7, 11) is 0. The highest BCUT2D eigenvalue weighted by molar-refractivity contribution is 6.02. The number of nitrogens with zero attached hydrogens (tertiary/aromatic N) is 1. The number of carbonyl (C=O) groups is 2. The van der Waals surface area contributed by atoms with Gasteiger partial charge in [-0.15, -0.1) is 0 Å². The van der Waals surface area contributed by atoms with E-state index in [9.17, 15) is 19.7 Å². The second-order valence-corrected chi connectivity index (χ2v) is 6.30. The molecule has 0 bridgehead atoms. The van der Waals surface area contributed by atoms with Crippen molar-refractivity contribution in [3.63, 3.8) is 0 Å². The molecule has 29 heavy (non-hydrogen) atoms. The molecule has 0 atom stereocenters. The van der Waals surface area contributed by atoms with Crippen LogP contribution in [0.3, 0.4) is 0 Å². The summed E-state index contributed by atoms with van der Waals surface area (Å²) in [6.07, 6.45) is 1.22. The van der Waals surface area contributed by atoms with Gasteiger partial charge >= 0.3 is 0 Å². The largest absolute Gasteiger partial charge is 0.451 e. The van der Waals surface area contributed by atoms with E-state index in [-0.39, 0.29) is 17.4 Å². The van der Waals surface area contributed by atoms with Crippen molar-refractivity contribution in [2.45, 2.75) is 19.8 Å². The standard InChI is InChI=1S/C21H19N3O5/c1-2-3-20(25)22-15-6-8-16(9-7-15)23-21(26)19-13-12-18(29-19)14-4-10-17(11-5-14)24(27)28/h4-13H,2-3H2,1H3,(H,22,25)(H,23,26). The Labute approximate surface area is 166 Å². The van der Waals surface area contributed by atoms with Crippen LogP contribution in [0.5, 0.6) is 0 Å². The van der Waals surface area contributed by atoms with Crippen molar-refractivity contribution in [2.24, 2.45) is 0 Å². The van der Waals surface area contributed by atoms with Crippen LogP contribution in [-0.2, 0) is 4.79 Å². The van der Waals surface area contributed by atoms with Gasteiger partial charge in [-0.3, -0.25) is 19.7 Å². The molecule has 0 fully saturated rings. The van der Waals surface area contributed by atoms with Crippen LogP contribution in [0.1, 0.15) is 30.3 Å². The van der Waals surface area contributed by atoms with E-state index >= 15 is 0 Å². The number of non-ortho nitro benzene ring substituents is 1. The highest BCUT2D eigenvalue weighted by Gasteiger charge is 2.14. The molecule has 0 spiro atoms. The second-order valence-electron chi connectivity index (χ2n) is 6.30. The van der Waals surface area contributed by atoms with Gasteiger partial charge in [-0.1, -0.05) is 6.92 Å². The fraction of sp³-hybridized carbons (Fsp3) is 0.143. The van der Waals surface area contributed by atoms with Crippen LogP contribution in [0.15, 0.2) is 65.1 Å². The molecule has 1 aromatic heterocycles. The van der Waals surface area contributed by atoms with Crippen LogP contribution in [0.4, 0.5) is 17.1 Å². The number of hydrogen-bond donors (Lipinski definition) is 2. The lowest BCUT2D eigenvalue weighted by atomic mass is 10.1. The topological polar surface area (TPSA) is 114 Å². The molecule has 3 aromatic rings. The summed E-state index contributed by atoms with van der Waals surface area (Å²) < 4.78 is 5.57. The van der Waals surface area contributed by atoms with Crippen LogP contribution >= 0.6 is 0 Å². The minimum atomic E-state index is -0.481. The van der Waals surface area contributed by atoms with E-state index in [4.69, 9.17) is 4.42 Å². The third kappa shape index (κ3) is 5.07. The molecule has 0 aliphatic rings. The van der Waals surface area contributed by atoms with Crippen LogP contribution < -0.4 is 10.6 Å². The Hall–Kier alpha value is -3.94. The van der Waals surface area contributed by atoms with Gasteiger partial charge in [0.25, 0.3) is 11.6 Å². The first kappa shape index (κ1) is 19.8. The zero-order valence-electron chi connectivity index (χ0n) is 15.7. The Balaban J connectivity index is 1.64. The van der Waals surface area contributed by atoms with Crippen LogP contribution in [0.25, 0.3) is 11.3 Å². The predicted octanol–water partition coefficient (Wildman–Crippen LogP) is 4.85. The quantitative estimate of drug-likeness (QED) is 0.440. The average Bonchev–Trinajstić information content (AvgIpc) is 3.20. The van der Waals surface area contributed by atoms with Crippen molar-refractivity contribution in [1.82, 2.24) is 0 Å². The van der Waals surface area contributed by atoms with E-state index in [1.165, 1.54) is 18.2 Å². The second kappa shape index (κ2) is 8.83. The smallest absolute Gasteiger partial charge is 0.291 e. The highest BCUT2D eigenvalue weighted by Crippen LogP contribution is 2.25. The van der Waals surface area contributed by atoms with Gasteiger partial charge in [0.1, 0.15) is 5.76 Å². The third-order valence-corrected chi connectivity index (χ3v) is 4.10. The Kier molecular flexibility index (Phi) is 6.03. The number of benzene rings is 2. The van der Waals surface area contributed by atoms with E-state index in [1.807, 2.05) is 6.92 Å². The molecule has 0 radical (unpaired) electrons. The minimum Gasteiger partial charge on any atom is -0.451 e. The van der Waals surface area contributed by atoms with Gasteiger partial charge in [0, 0.05) is 35.5 Å². The lowest BCUT2D eigenvalue weighted by molar-refractivity contribution is -0.384. The number of nitro groups is 1. The number of furan rings is 1. The van der Waals surface area contributed by atoms with Gasteiger partial charge in [-0.25, -0.2) is 0 Å². The molecular formula is C21H19N3O5. The fourth-order valence-corrected chi connectivity index (χ4v) is 2.64. The lowest BCUT2D eigenvalue weighted by Gasteiger charge is -2.07. The number of anilines is 2. The third-order valence-electron chi connectivity index (χ3n) is 4.10. The molecule has 0 aliphatic carbocycles. The minimum absolute atomic E-state index is 0.0207. The maximum atomic E-state index is 12.4. The monoisotopic (exact) mass is 393 g/mol. The normalized spacial score (nSPS) is 10.4. The molecule has 0 aliphatic heterocycles. The summed E-state index contributed by atoms with van der Waals surface area (Å²) >= 11 is 0. The number of nitro benzene ring substituents is 1. The fourth-order valence-electron chi connectivity index (χ4n) is 2.64. The Morgan fingerprint density at radius 3 is 2.14 bits per heavy atom. The first-order valence-electron chi connectivity index (χ1n) is 9.02. The van der Waals surface area contributed by atoms with E-state index in [0.717, 1.165) is 6.42 Å². The van der Waals surface area contributed by atoms with Gasteiger partial charge < -0.3 is 15.1 Å². The summed E-state index contributed by atoms with van der Waals surface area (Å²) in [5, 5.41) is 16.2. The van der Waals surface area contributed by atoms with E-state index in [0.29, 0.717) is 29.1 Å². The van der Waals surface area contributed by atoms with Crippen molar-refractivity contribution in [2.75, 3.05) is 10.6 Å².